The number of hydrogen-bond donors (Lipinski definition) is 3. The van der Waals surface area contributed by atoms with Gasteiger partial charge in [0.1, 0.15) is 5.76 Å². The van der Waals surface area contributed by atoms with Gasteiger partial charge in [0.25, 0.3) is 0 Å². The summed E-state index contributed by atoms with van der Waals surface area (Å²) in [7, 11) is 0. The number of esters is 1. The van der Waals surface area contributed by atoms with Gasteiger partial charge in [-0.3, -0.25) is 4.90 Å². The van der Waals surface area contributed by atoms with E-state index in [2.05, 4.69) is 34.4 Å². The lowest BCUT2D eigenvalue weighted by atomic mass is 9.45. The zero-order valence-electron chi connectivity index (χ0n) is 25.9. The molecule has 2 saturated carbocycles. The molecule has 5 aliphatic rings. The third kappa shape index (κ3) is 5.56. The Balaban J connectivity index is 1.25. The van der Waals surface area contributed by atoms with Gasteiger partial charge in [0.15, 0.2) is 0 Å². The molecule has 0 spiro atoms. The molecular weight excluding hydrogens is 560 g/mol. The van der Waals surface area contributed by atoms with E-state index in [1.807, 2.05) is 17.9 Å². The van der Waals surface area contributed by atoms with E-state index < -0.39 is 17.5 Å². The van der Waals surface area contributed by atoms with Crippen LogP contribution in [0.1, 0.15) is 51.5 Å². The number of fused-ring (bicyclic) bond motifs is 1. The van der Waals surface area contributed by atoms with Gasteiger partial charge in [0.05, 0.1) is 44.1 Å². The number of anilines is 1. The summed E-state index contributed by atoms with van der Waals surface area (Å²) in [6, 6.07) is 0.143. The Morgan fingerprint density at radius 3 is 2.59 bits per heavy atom. The second-order valence-electron chi connectivity index (χ2n) is 13.6. The number of morpholine rings is 1. The first-order chi connectivity index (χ1) is 21.2. The molecule has 0 aromatic carbocycles. The zero-order chi connectivity index (χ0) is 31.1. The second kappa shape index (κ2) is 12.5. The molecule has 4 heterocycles. The molecule has 4 fully saturated rings. The smallest absolute Gasteiger partial charge is 0.343 e. The van der Waals surface area contributed by atoms with Crippen LogP contribution in [0.2, 0.25) is 0 Å². The van der Waals surface area contributed by atoms with Gasteiger partial charge in [0, 0.05) is 55.0 Å². The van der Waals surface area contributed by atoms with Crippen molar-refractivity contribution < 1.29 is 29.6 Å². The molecule has 2 aliphatic carbocycles. The van der Waals surface area contributed by atoms with Crippen molar-refractivity contribution in [2.75, 3.05) is 51.0 Å². The van der Waals surface area contributed by atoms with Crippen LogP contribution in [0.5, 0.6) is 0 Å². The maximum Gasteiger partial charge on any atom is 0.343 e. The van der Waals surface area contributed by atoms with Crippen LogP contribution in [0.15, 0.2) is 54.1 Å². The van der Waals surface area contributed by atoms with Crippen molar-refractivity contribution in [2.24, 2.45) is 22.7 Å². The average Bonchev–Trinajstić information content (AvgIpc) is 3.65. The fourth-order valence-corrected chi connectivity index (χ4v) is 8.49. The quantitative estimate of drug-likeness (QED) is 0.315. The van der Waals surface area contributed by atoms with Crippen molar-refractivity contribution in [2.45, 2.75) is 64.1 Å². The molecule has 3 aliphatic heterocycles. The van der Waals surface area contributed by atoms with Gasteiger partial charge in [-0.2, -0.15) is 0 Å². The van der Waals surface area contributed by atoms with E-state index >= 15 is 0 Å². The number of aliphatic hydroxyl groups is 3. The van der Waals surface area contributed by atoms with E-state index in [1.165, 1.54) is 0 Å². The van der Waals surface area contributed by atoms with Gasteiger partial charge in [-0.05, 0) is 55.6 Å². The van der Waals surface area contributed by atoms with Crippen LogP contribution in [0, 0.1) is 22.7 Å². The number of allylic oxidation sites excluding steroid dienone is 2. The fraction of sp³-hybridized carbons (Fsp3) is 0.618. The molecule has 238 valence electrons. The highest BCUT2D eigenvalue weighted by Crippen LogP contribution is 2.62. The SMILES string of the molecule is C=C1C(N2CCOCC2)CC2[C@](C)(CC[C@@H](O)[C@@]2(C)CO)C1/C=C/C1=CC(=C\c2cnc(N3CCCC3CO)nc2)/OC1=O. The molecule has 3 N–H and O–H groups in total. The first-order valence-corrected chi connectivity index (χ1v) is 16.0. The highest BCUT2D eigenvalue weighted by molar-refractivity contribution is 5.96. The first-order valence-electron chi connectivity index (χ1n) is 16.0. The van der Waals surface area contributed by atoms with E-state index in [0.29, 0.717) is 42.5 Å². The van der Waals surface area contributed by atoms with Gasteiger partial charge in [-0.15, -0.1) is 0 Å². The van der Waals surface area contributed by atoms with Gasteiger partial charge < -0.3 is 29.7 Å². The minimum atomic E-state index is -0.628. The Hall–Kier alpha value is -2.89. The summed E-state index contributed by atoms with van der Waals surface area (Å²) >= 11 is 0. The molecule has 0 amide bonds. The normalized spacial score (nSPS) is 37.5. The number of rotatable bonds is 7. The molecule has 2 saturated heterocycles. The summed E-state index contributed by atoms with van der Waals surface area (Å²) in [6.45, 7) is 12.7. The summed E-state index contributed by atoms with van der Waals surface area (Å²) in [5.41, 5.74) is 1.42. The third-order valence-electron chi connectivity index (χ3n) is 11.2. The van der Waals surface area contributed by atoms with Crippen molar-refractivity contribution >= 4 is 18.0 Å². The molecule has 44 heavy (non-hydrogen) atoms. The molecule has 1 aromatic rings. The zero-order valence-corrected chi connectivity index (χ0v) is 25.9. The van der Waals surface area contributed by atoms with Crippen molar-refractivity contribution in [3.8, 4) is 0 Å². The van der Waals surface area contributed by atoms with E-state index in [0.717, 1.165) is 50.9 Å². The van der Waals surface area contributed by atoms with Crippen LogP contribution in [-0.2, 0) is 14.3 Å². The number of ether oxygens (including phenoxy) is 2. The van der Waals surface area contributed by atoms with Crippen molar-refractivity contribution in [1.82, 2.24) is 14.9 Å². The Morgan fingerprint density at radius 2 is 1.89 bits per heavy atom. The molecule has 6 rings (SSSR count). The van der Waals surface area contributed by atoms with Gasteiger partial charge in [-0.1, -0.05) is 38.2 Å². The average molecular weight is 607 g/mol. The maximum absolute atomic E-state index is 12.9. The van der Waals surface area contributed by atoms with E-state index in [9.17, 15) is 20.1 Å². The Morgan fingerprint density at radius 1 is 1.14 bits per heavy atom. The van der Waals surface area contributed by atoms with Crippen LogP contribution in [0.4, 0.5) is 5.95 Å². The monoisotopic (exact) mass is 606 g/mol. The Labute approximate surface area is 259 Å². The lowest BCUT2D eigenvalue weighted by Gasteiger charge is -2.62. The van der Waals surface area contributed by atoms with E-state index in [1.54, 1.807) is 24.5 Å². The number of nitrogens with zero attached hydrogens (tertiary/aromatic N) is 4. The van der Waals surface area contributed by atoms with Gasteiger partial charge in [0.2, 0.25) is 5.95 Å². The molecule has 7 atom stereocenters. The first kappa shape index (κ1) is 31.1. The largest absolute Gasteiger partial charge is 0.423 e. The van der Waals surface area contributed by atoms with Crippen molar-refractivity contribution in [3.05, 3.63) is 59.7 Å². The van der Waals surface area contributed by atoms with Crippen LogP contribution < -0.4 is 4.90 Å². The van der Waals surface area contributed by atoms with Crippen molar-refractivity contribution in [3.63, 3.8) is 0 Å². The number of aromatic nitrogens is 2. The minimum Gasteiger partial charge on any atom is -0.423 e. The molecule has 0 bridgehead atoms. The summed E-state index contributed by atoms with van der Waals surface area (Å²) in [4.78, 5) is 26.4. The highest BCUT2D eigenvalue weighted by atomic mass is 16.5. The summed E-state index contributed by atoms with van der Waals surface area (Å²) in [6.07, 6.45) is 14.4. The summed E-state index contributed by atoms with van der Waals surface area (Å²) in [5, 5.41) is 31.3. The fourth-order valence-electron chi connectivity index (χ4n) is 8.49. The number of carbonyl (C=O) groups excluding carboxylic acids is 1. The van der Waals surface area contributed by atoms with Crippen LogP contribution in [-0.4, -0.2) is 100 Å². The van der Waals surface area contributed by atoms with Gasteiger partial charge >= 0.3 is 5.97 Å². The maximum atomic E-state index is 12.9. The number of cyclic esters (lactones) is 1. The summed E-state index contributed by atoms with van der Waals surface area (Å²) < 4.78 is 11.2. The number of hydrogen-bond acceptors (Lipinski definition) is 10. The predicted molar refractivity (Wildman–Crippen MR) is 166 cm³/mol. The number of aliphatic hydroxyl groups excluding tert-OH is 3. The summed E-state index contributed by atoms with van der Waals surface area (Å²) in [5.74, 6) is 0.608. The van der Waals surface area contributed by atoms with Gasteiger partial charge in [-0.25, -0.2) is 14.8 Å². The van der Waals surface area contributed by atoms with Crippen LogP contribution in [0.25, 0.3) is 6.08 Å². The Bertz CT molecular complexity index is 1340. The standard InChI is InChI=1S/C34H46N4O6/c1-22-27(33(2)9-8-30(41)34(3,21-40)29(33)17-28(22)37-11-13-43-14-12-37)7-6-24-16-26(44-31(24)42)15-23-18-35-32(36-19-23)38-10-4-5-25(38)20-39/h6-7,15-16,18-19,25,27-30,39-41H,1,4-5,8-14,17,20-21H2,2-3H3/b7-6+,26-15+/t25?,27?,28?,29?,30-,33-,34+/m1/s1. The molecule has 0 radical (unpaired) electrons. The third-order valence-corrected chi connectivity index (χ3v) is 11.2. The van der Waals surface area contributed by atoms with Crippen LogP contribution >= 0.6 is 0 Å². The molecule has 4 unspecified atom stereocenters. The highest BCUT2D eigenvalue weighted by Gasteiger charge is 2.59. The minimum absolute atomic E-state index is 0.0465. The molecular formula is C34H46N4O6. The molecule has 1 aromatic heterocycles. The van der Waals surface area contributed by atoms with Crippen LogP contribution in [0.3, 0.4) is 0 Å². The van der Waals surface area contributed by atoms with E-state index in [4.69, 9.17) is 9.47 Å². The molecule has 10 heteroatoms. The van der Waals surface area contributed by atoms with Crippen molar-refractivity contribution in [1.29, 1.82) is 0 Å². The topological polar surface area (TPSA) is 128 Å². The lowest BCUT2D eigenvalue weighted by molar-refractivity contribution is -0.156. The lowest BCUT2D eigenvalue weighted by Crippen LogP contribution is -2.61. The predicted octanol–water partition coefficient (Wildman–Crippen LogP) is 2.87. The molecule has 10 nitrogen and oxygen atoms in total. The van der Waals surface area contributed by atoms with E-state index in [-0.39, 0.29) is 42.5 Å². The number of carbonyl (C=O) groups is 1. The Kier molecular flexibility index (Phi) is 8.82. The second-order valence-corrected chi connectivity index (χ2v) is 13.6.